The highest BCUT2D eigenvalue weighted by atomic mass is 16.6. The molecule has 0 N–H and O–H groups in total. The minimum atomic E-state index is 0.319. The van der Waals surface area contributed by atoms with Gasteiger partial charge in [0, 0.05) is 0 Å². The van der Waals surface area contributed by atoms with Crippen molar-refractivity contribution in [3.63, 3.8) is 0 Å². The largest absolute Gasteiger partial charge is 0.370 e. The molecule has 1 radical (unpaired) electrons. The smallest absolute Gasteiger partial charge is 0.0842 e. The molecule has 0 aromatic rings. The molecule has 41 valence electrons. The molecular weight excluding hydrogens is 88.1 g/mol. The van der Waals surface area contributed by atoms with Crippen molar-refractivity contribution < 1.29 is 4.74 Å². The first-order valence-electron chi connectivity index (χ1n) is 2.83. The van der Waals surface area contributed by atoms with Gasteiger partial charge in [-0.25, -0.2) is 0 Å². The van der Waals surface area contributed by atoms with Crippen LogP contribution >= 0.6 is 0 Å². The normalized spacial score (nSPS) is 38.6. The van der Waals surface area contributed by atoms with Crippen LogP contribution in [0, 0.1) is 6.92 Å². The summed E-state index contributed by atoms with van der Waals surface area (Å²) in [6, 6.07) is 0. The average molecular weight is 99.2 g/mol. The van der Waals surface area contributed by atoms with Gasteiger partial charge in [-0.15, -0.1) is 0 Å². The lowest BCUT2D eigenvalue weighted by atomic mass is 10.2. The molecule has 1 rings (SSSR count). The molecule has 2 unspecified atom stereocenters. The standard InChI is InChI=1S/C6H11O/c1-3-4-6-5(2)7-6/h5-6H,2-4H2,1H3. The zero-order valence-corrected chi connectivity index (χ0v) is 4.68. The van der Waals surface area contributed by atoms with Crippen LogP contribution < -0.4 is 0 Å². The summed E-state index contributed by atoms with van der Waals surface area (Å²) in [4.78, 5) is 0. The van der Waals surface area contributed by atoms with Gasteiger partial charge in [0.15, 0.2) is 0 Å². The minimum Gasteiger partial charge on any atom is -0.370 e. The monoisotopic (exact) mass is 99.1 g/mol. The van der Waals surface area contributed by atoms with E-state index in [1.807, 2.05) is 0 Å². The van der Waals surface area contributed by atoms with E-state index >= 15 is 0 Å². The van der Waals surface area contributed by atoms with Crippen LogP contribution in [0.3, 0.4) is 0 Å². The molecule has 1 aliphatic rings. The maximum absolute atomic E-state index is 5.05. The first-order chi connectivity index (χ1) is 3.34. The van der Waals surface area contributed by atoms with Crippen molar-refractivity contribution >= 4 is 0 Å². The van der Waals surface area contributed by atoms with E-state index in [1.54, 1.807) is 0 Å². The SMILES string of the molecule is [CH2]C1OC1CCC. The molecule has 1 heteroatoms. The third-order valence-electron chi connectivity index (χ3n) is 1.26. The summed E-state index contributed by atoms with van der Waals surface area (Å²) in [6.45, 7) is 5.89. The Morgan fingerprint density at radius 1 is 1.71 bits per heavy atom. The molecule has 0 bridgehead atoms. The van der Waals surface area contributed by atoms with Crippen molar-refractivity contribution in [1.29, 1.82) is 0 Å². The molecule has 0 aliphatic carbocycles. The van der Waals surface area contributed by atoms with E-state index in [4.69, 9.17) is 4.74 Å². The van der Waals surface area contributed by atoms with E-state index in [9.17, 15) is 0 Å². The van der Waals surface area contributed by atoms with E-state index in [0.29, 0.717) is 12.2 Å². The Bertz CT molecular complexity index is 61.2. The maximum atomic E-state index is 5.05. The lowest BCUT2D eigenvalue weighted by molar-refractivity contribution is 0.377. The predicted molar refractivity (Wildman–Crippen MR) is 28.9 cm³/mol. The second kappa shape index (κ2) is 1.83. The molecule has 1 heterocycles. The summed E-state index contributed by atoms with van der Waals surface area (Å²) in [5.74, 6) is 0. The maximum Gasteiger partial charge on any atom is 0.0842 e. The molecule has 0 aromatic carbocycles. The highest BCUT2D eigenvalue weighted by Gasteiger charge is 2.32. The third kappa shape index (κ3) is 1.16. The molecule has 0 spiro atoms. The number of epoxide rings is 1. The summed E-state index contributed by atoms with van der Waals surface area (Å²) in [5, 5.41) is 0. The molecular formula is C6H11O. The van der Waals surface area contributed by atoms with Crippen LogP contribution in [0.4, 0.5) is 0 Å². The Labute approximate surface area is 44.7 Å². The highest BCUT2D eigenvalue weighted by Crippen LogP contribution is 2.24. The zero-order valence-electron chi connectivity index (χ0n) is 4.68. The van der Waals surface area contributed by atoms with Crippen LogP contribution in [0.5, 0.6) is 0 Å². The predicted octanol–water partition coefficient (Wildman–Crippen LogP) is 1.39. The first kappa shape index (κ1) is 5.10. The van der Waals surface area contributed by atoms with Gasteiger partial charge >= 0.3 is 0 Å². The van der Waals surface area contributed by atoms with E-state index in [-0.39, 0.29) is 0 Å². The van der Waals surface area contributed by atoms with E-state index in [1.165, 1.54) is 12.8 Å². The second-order valence-corrected chi connectivity index (χ2v) is 2.00. The van der Waals surface area contributed by atoms with Gasteiger partial charge in [-0.1, -0.05) is 13.3 Å². The fourth-order valence-corrected chi connectivity index (χ4v) is 0.718. The Morgan fingerprint density at radius 2 is 2.29 bits per heavy atom. The second-order valence-electron chi connectivity index (χ2n) is 2.00. The first-order valence-corrected chi connectivity index (χ1v) is 2.83. The Kier molecular flexibility index (Phi) is 1.33. The lowest BCUT2D eigenvalue weighted by Gasteiger charge is -1.81. The van der Waals surface area contributed by atoms with Gasteiger partial charge in [-0.2, -0.15) is 0 Å². The molecule has 1 aliphatic heterocycles. The Balaban J connectivity index is 1.98. The van der Waals surface area contributed by atoms with Crippen molar-refractivity contribution in [1.82, 2.24) is 0 Å². The molecule has 2 atom stereocenters. The zero-order chi connectivity index (χ0) is 5.28. The van der Waals surface area contributed by atoms with Crippen molar-refractivity contribution in [2.24, 2.45) is 0 Å². The molecule has 1 fully saturated rings. The molecule has 1 nitrogen and oxygen atoms in total. The summed E-state index contributed by atoms with van der Waals surface area (Å²) >= 11 is 0. The number of hydrogen-bond acceptors (Lipinski definition) is 1. The van der Waals surface area contributed by atoms with Gasteiger partial charge in [-0.05, 0) is 13.3 Å². The van der Waals surface area contributed by atoms with Crippen molar-refractivity contribution in [3.8, 4) is 0 Å². The van der Waals surface area contributed by atoms with Gasteiger partial charge in [0.1, 0.15) is 0 Å². The molecule has 0 amide bonds. The van der Waals surface area contributed by atoms with Crippen LogP contribution in [0.1, 0.15) is 19.8 Å². The van der Waals surface area contributed by atoms with Crippen molar-refractivity contribution in [3.05, 3.63) is 6.92 Å². The Morgan fingerprint density at radius 3 is 2.43 bits per heavy atom. The number of hydrogen-bond donors (Lipinski definition) is 0. The summed E-state index contributed by atoms with van der Waals surface area (Å²) in [5.41, 5.74) is 0. The van der Waals surface area contributed by atoms with Gasteiger partial charge in [0.25, 0.3) is 0 Å². The lowest BCUT2D eigenvalue weighted by Crippen LogP contribution is -1.85. The van der Waals surface area contributed by atoms with E-state index in [2.05, 4.69) is 13.8 Å². The average Bonchev–Trinajstić information content (AvgIpc) is 2.22. The van der Waals surface area contributed by atoms with Crippen LogP contribution in [0.25, 0.3) is 0 Å². The molecule has 1 saturated heterocycles. The van der Waals surface area contributed by atoms with Crippen LogP contribution in [-0.2, 0) is 4.74 Å². The van der Waals surface area contributed by atoms with Crippen molar-refractivity contribution in [2.45, 2.75) is 32.0 Å². The van der Waals surface area contributed by atoms with Gasteiger partial charge in [0.05, 0.1) is 12.2 Å². The number of ether oxygens (including phenoxy) is 1. The van der Waals surface area contributed by atoms with Gasteiger partial charge in [0.2, 0.25) is 0 Å². The third-order valence-corrected chi connectivity index (χ3v) is 1.26. The van der Waals surface area contributed by atoms with Crippen molar-refractivity contribution in [2.75, 3.05) is 0 Å². The molecule has 0 saturated carbocycles. The topological polar surface area (TPSA) is 12.5 Å². The molecule has 0 aromatic heterocycles. The van der Waals surface area contributed by atoms with Gasteiger partial charge in [-0.3, -0.25) is 0 Å². The summed E-state index contributed by atoms with van der Waals surface area (Å²) in [6.07, 6.45) is 3.23. The number of rotatable bonds is 2. The Hall–Kier alpha value is -0.0400. The van der Waals surface area contributed by atoms with Gasteiger partial charge < -0.3 is 4.74 Å². The summed E-state index contributed by atoms with van der Waals surface area (Å²) < 4.78 is 5.05. The van der Waals surface area contributed by atoms with Crippen LogP contribution in [0.15, 0.2) is 0 Å². The minimum absolute atomic E-state index is 0.319. The quantitative estimate of drug-likeness (QED) is 0.476. The summed E-state index contributed by atoms with van der Waals surface area (Å²) in [7, 11) is 0. The molecule has 7 heavy (non-hydrogen) atoms. The fraction of sp³-hybridized carbons (Fsp3) is 0.833. The van der Waals surface area contributed by atoms with E-state index in [0.717, 1.165) is 0 Å². The highest BCUT2D eigenvalue weighted by molar-refractivity contribution is 4.85. The van der Waals surface area contributed by atoms with Crippen LogP contribution in [0.2, 0.25) is 0 Å². The van der Waals surface area contributed by atoms with E-state index < -0.39 is 0 Å². The van der Waals surface area contributed by atoms with Crippen LogP contribution in [-0.4, -0.2) is 12.2 Å². The fourth-order valence-electron chi connectivity index (χ4n) is 0.718.